The summed E-state index contributed by atoms with van der Waals surface area (Å²) in [6, 6.07) is 15.3. The van der Waals surface area contributed by atoms with Crippen molar-refractivity contribution >= 4 is 23.2 Å². The monoisotopic (exact) mass is 376 g/mol. The van der Waals surface area contributed by atoms with E-state index in [1.165, 1.54) is 25.9 Å². The number of quaternary nitrogens is 1. The van der Waals surface area contributed by atoms with E-state index in [1.807, 2.05) is 48.5 Å². The van der Waals surface area contributed by atoms with Crippen LogP contribution in [0.2, 0.25) is 10.0 Å². The molecule has 0 aliphatic carbocycles. The van der Waals surface area contributed by atoms with Gasteiger partial charge in [0.2, 0.25) is 0 Å². The van der Waals surface area contributed by atoms with Crippen LogP contribution in [0.15, 0.2) is 48.5 Å². The predicted molar refractivity (Wildman–Crippen MR) is 103 cm³/mol. The number of fused-ring (bicyclic) bond motifs is 3. The number of hydrogen-bond donors (Lipinski definition) is 1. The Morgan fingerprint density at radius 3 is 1.92 bits per heavy atom. The summed E-state index contributed by atoms with van der Waals surface area (Å²) in [4.78, 5) is 0. The van der Waals surface area contributed by atoms with Crippen LogP contribution in [0.5, 0.6) is 0 Å². The summed E-state index contributed by atoms with van der Waals surface area (Å²) in [7, 11) is 2.32. The van der Waals surface area contributed by atoms with Crippen LogP contribution in [-0.4, -0.2) is 36.3 Å². The summed E-state index contributed by atoms with van der Waals surface area (Å²) < 4.78 is 1.05. The van der Waals surface area contributed by atoms with Crippen LogP contribution in [-0.2, 0) is 5.60 Å². The highest BCUT2D eigenvalue weighted by Crippen LogP contribution is 2.49. The quantitative estimate of drug-likeness (QED) is 0.768. The zero-order chi connectivity index (χ0) is 17.7. The Bertz CT molecular complexity index is 737. The number of piperidine rings is 3. The Morgan fingerprint density at radius 2 is 1.48 bits per heavy atom. The molecule has 0 unspecified atom stereocenters. The molecule has 2 nitrogen and oxygen atoms in total. The zero-order valence-electron chi connectivity index (χ0n) is 14.5. The minimum Gasteiger partial charge on any atom is -0.380 e. The van der Waals surface area contributed by atoms with Gasteiger partial charge in [0, 0.05) is 28.8 Å². The van der Waals surface area contributed by atoms with Crippen molar-refractivity contribution in [2.24, 2.45) is 11.8 Å². The fraction of sp³-hybridized carbons (Fsp3) is 0.429. The SMILES string of the molecule is C[N+]12CCC(CC1)[C@@H](C(O)(c1cccc(Cl)c1)c1cccc(Cl)c1)C2. The summed E-state index contributed by atoms with van der Waals surface area (Å²) in [5.74, 6) is 0.694. The van der Waals surface area contributed by atoms with E-state index in [1.54, 1.807) is 0 Å². The van der Waals surface area contributed by atoms with Crippen LogP contribution in [0.25, 0.3) is 0 Å². The second kappa shape index (κ2) is 6.28. The first-order valence-corrected chi connectivity index (χ1v) is 9.74. The number of aliphatic hydroxyl groups is 1. The van der Waals surface area contributed by atoms with Gasteiger partial charge in [0.1, 0.15) is 5.60 Å². The first-order chi connectivity index (χ1) is 11.9. The average Bonchev–Trinajstić information content (AvgIpc) is 2.61. The Hall–Kier alpha value is -1.06. The molecule has 3 heterocycles. The molecule has 1 N–H and O–H groups in total. The minimum absolute atomic E-state index is 0.164. The standard InChI is InChI=1S/C21H24Cl2NO/c1-24-10-8-15(9-11-24)20(14-24)21(25,16-4-2-6-18(22)12-16)17-5-3-7-19(23)13-17/h2-7,12-13,15,20,25H,8-11,14H2,1H3/q+1/t15?,20-,24?/m0/s1. The molecule has 0 saturated carbocycles. The van der Waals surface area contributed by atoms with Gasteiger partial charge in [0.25, 0.3) is 0 Å². The lowest BCUT2D eigenvalue weighted by Crippen LogP contribution is -2.63. The van der Waals surface area contributed by atoms with Crippen molar-refractivity contribution in [3.05, 3.63) is 69.7 Å². The van der Waals surface area contributed by atoms with E-state index in [9.17, 15) is 5.11 Å². The first kappa shape index (κ1) is 17.4. The minimum atomic E-state index is -1.07. The van der Waals surface area contributed by atoms with Crippen LogP contribution in [0.3, 0.4) is 0 Å². The largest absolute Gasteiger partial charge is 0.380 e. The number of nitrogens with zero attached hydrogens (tertiary/aromatic N) is 1. The van der Waals surface area contributed by atoms with Crippen LogP contribution in [0.1, 0.15) is 24.0 Å². The Morgan fingerprint density at radius 1 is 0.960 bits per heavy atom. The van der Waals surface area contributed by atoms with Gasteiger partial charge in [-0.2, -0.15) is 0 Å². The smallest absolute Gasteiger partial charge is 0.123 e. The Labute approximate surface area is 159 Å². The highest BCUT2D eigenvalue weighted by molar-refractivity contribution is 6.31. The topological polar surface area (TPSA) is 20.2 Å². The molecule has 3 fully saturated rings. The van der Waals surface area contributed by atoms with E-state index < -0.39 is 5.60 Å². The highest BCUT2D eigenvalue weighted by atomic mass is 35.5. The molecule has 4 heteroatoms. The number of rotatable bonds is 3. The summed E-state index contributed by atoms with van der Waals surface area (Å²) >= 11 is 12.5. The van der Waals surface area contributed by atoms with Gasteiger partial charge in [-0.05, 0) is 41.3 Å². The van der Waals surface area contributed by atoms with E-state index in [0.717, 1.165) is 22.2 Å². The van der Waals surface area contributed by atoms with E-state index in [2.05, 4.69) is 7.05 Å². The molecular weight excluding hydrogens is 353 g/mol. The second-order valence-corrected chi connectivity index (χ2v) is 8.85. The number of halogens is 2. The maximum Gasteiger partial charge on any atom is 0.123 e. The number of hydrogen-bond acceptors (Lipinski definition) is 1. The molecule has 2 aromatic rings. The first-order valence-electron chi connectivity index (χ1n) is 8.99. The van der Waals surface area contributed by atoms with Crippen molar-refractivity contribution < 1.29 is 9.59 Å². The molecule has 132 valence electrons. The number of benzene rings is 2. The zero-order valence-corrected chi connectivity index (χ0v) is 16.0. The fourth-order valence-electron chi connectivity index (χ4n) is 4.94. The molecule has 0 radical (unpaired) electrons. The lowest BCUT2D eigenvalue weighted by atomic mass is 9.64. The molecule has 2 bridgehead atoms. The van der Waals surface area contributed by atoms with Crippen molar-refractivity contribution in [2.75, 3.05) is 26.7 Å². The van der Waals surface area contributed by atoms with E-state index in [4.69, 9.17) is 23.2 Å². The van der Waals surface area contributed by atoms with Gasteiger partial charge in [-0.25, -0.2) is 0 Å². The van der Waals surface area contributed by atoms with Gasteiger partial charge in [-0.15, -0.1) is 0 Å². The molecule has 25 heavy (non-hydrogen) atoms. The van der Waals surface area contributed by atoms with Crippen LogP contribution >= 0.6 is 23.2 Å². The molecule has 2 aromatic carbocycles. The van der Waals surface area contributed by atoms with Crippen molar-refractivity contribution in [3.63, 3.8) is 0 Å². The van der Waals surface area contributed by atoms with E-state index >= 15 is 0 Å². The molecule has 5 rings (SSSR count). The van der Waals surface area contributed by atoms with Crippen molar-refractivity contribution in [1.29, 1.82) is 0 Å². The molecule has 1 atom stereocenters. The Balaban J connectivity index is 1.87. The van der Waals surface area contributed by atoms with E-state index in [-0.39, 0.29) is 5.92 Å². The lowest BCUT2D eigenvalue weighted by molar-refractivity contribution is -0.930. The Kier molecular flexibility index (Phi) is 4.36. The third kappa shape index (κ3) is 3.00. The van der Waals surface area contributed by atoms with E-state index in [0.29, 0.717) is 16.0 Å². The molecule has 0 amide bonds. The molecule has 0 aromatic heterocycles. The van der Waals surface area contributed by atoms with Gasteiger partial charge in [0.05, 0.1) is 26.7 Å². The predicted octanol–water partition coefficient (Wildman–Crippen LogP) is 4.72. The third-order valence-electron chi connectivity index (χ3n) is 6.35. The highest BCUT2D eigenvalue weighted by Gasteiger charge is 2.53. The van der Waals surface area contributed by atoms with Gasteiger partial charge >= 0.3 is 0 Å². The maximum atomic E-state index is 12.1. The molecule has 0 spiro atoms. The molecular formula is C21H24Cl2NO+. The van der Waals surface area contributed by atoms with Gasteiger partial charge in [-0.1, -0.05) is 47.5 Å². The molecule has 3 aliphatic rings. The van der Waals surface area contributed by atoms with Crippen molar-refractivity contribution in [2.45, 2.75) is 18.4 Å². The van der Waals surface area contributed by atoms with Crippen LogP contribution in [0, 0.1) is 11.8 Å². The maximum absolute atomic E-state index is 12.1. The lowest BCUT2D eigenvalue weighted by Gasteiger charge is -2.55. The molecule has 3 aliphatic heterocycles. The van der Waals surface area contributed by atoms with Gasteiger partial charge < -0.3 is 9.59 Å². The average molecular weight is 377 g/mol. The van der Waals surface area contributed by atoms with Crippen LogP contribution < -0.4 is 0 Å². The summed E-state index contributed by atoms with van der Waals surface area (Å²) in [6.07, 6.45) is 2.34. The molecule has 3 saturated heterocycles. The summed E-state index contributed by atoms with van der Waals surface area (Å²) in [5.41, 5.74) is 0.668. The van der Waals surface area contributed by atoms with Crippen molar-refractivity contribution in [3.8, 4) is 0 Å². The summed E-state index contributed by atoms with van der Waals surface area (Å²) in [6.45, 7) is 3.41. The normalized spacial score (nSPS) is 29.0. The van der Waals surface area contributed by atoms with Gasteiger partial charge in [0.15, 0.2) is 0 Å². The van der Waals surface area contributed by atoms with Crippen molar-refractivity contribution in [1.82, 2.24) is 0 Å². The third-order valence-corrected chi connectivity index (χ3v) is 6.82. The fourth-order valence-corrected chi connectivity index (χ4v) is 5.32. The summed E-state index contributed by atoms with van der Waals surface area (Å²) in [5, 5.41) is 13.4. The van der Waals surface area contributed by atoms with Crippen LogP contribution in [0.4, 0.5) is 0 Å². The van der Waals surface area contributed by atoms with Gasteiger partial charge in [-0.3, -0.25) is 0 Å². The second-order valence-electron chi connectivity index (χ2n) is 7.98.